The number of hydrogen-bond donors (Lipinski definition) is 0. The van der Waals surface area contributed by atoms with Crippen molar-refractivity contribution in [2.45, 2.75) is 9.79 Å². The average molecular weight is 336 g/mol. The Kier molecular flexibility index (Phi) is 4.31. The van der Waals surface area contributed by atoms with E-state index in [0.717, 1.165) is 43.9 Å². The van der Waals surface area contributed by atoms with E-state index in [1.54, 1.807) is 50.0 Å². The molecule has 0 atom stereocenters. The molecule has 3 rings (SSSR count). The molecule has 1 aliphatic heterocycles. The maximum absolute atomic E-state index is 5.42. The first-order valence-corrected chi connectivity index (χ1v) is 8.73. The second-order valence-electron chi connectivity index (χ2n) is 4.57. The predicted octanol–water partition coefficient (Wildman–Crippen LogP) is 4.50. The van der Waals surface area contributed by atoms with Gasteiger partial charge in [-0.3, -0.25) is 0 Å². The van der Waals surface area contributed by atoms with Crippen molar-refractivity contribution in [3.8, 4) is 34.1 Å². The van der Waals surface area contributed by atoms with Crippen LogP contribution in [0.1, 0.15) is 0 Å². The van der Waals surface area contributed by atoms with Crippen LogP contribution >= 0.6 is 21.6 Å². The topological polar surface area (TPSA) is 36.9 Å². The van der Waals surface area contributed by atoms with Gasteiger partial charge in [-0.15, -0.1) is 0 Å². The van der Waals surface area contributed by atoms with E-state index in [4.69, 9.17) is 18.9 Å². The summed E-state index contributed by atoms with van der Waals surface area (Å²) in [6.45, 7) is 0. The van der Waals surface area contributed by atoms with E-state index >= 15 is 0 Å². The Morgan fingerprint density at radius 1 is 0.545 bits per heavy atom. The zero-order chi connectivity index (χ0) is 15.7. The van der Waals surface area contributed by atoms with Crippen molar-refractivity contribution in [1.29, 1.82) is 0 Å². The maximum atomic E-state index is 5.42. The molecule has 2 aromatic rings. The second kappa shape index (κ2) is 6.22. The van der Waals surface area contributed by atoms with E-state index in [2.05, 4.69) is 0 Å². The van der Waals surface area contributed by atoms with Gasteiger partial charge in [0.1, 0.15) is 0 Å². The molecule has 0 saturated heterocycles. The molecular formula is C16H16O4S2. The minimum atomic E-state index is 0.717. The summed E-state index contributed by atoms with van der Waals surface area (Å²) in [4.78, 5) is 2.28. The zero-order valence-corrected chi connectivity index (χ0v) is 14.4. The Bertz CT molecular complexity index is 654. The summed E-state index contributed by atoms with van der Waals surface area (Å²) in [7, 11) is 9.97. The highest BCUT2D eigenvalue weighted by Crippen LogP contribution is 2.55. The number of hydrogen-bond acceptors (Lipinski definition) is 6. The molecule has 0 spiro atoms. The molecule has 2 aromatic carbocycles. The fourth-order valence-electron chi connectivity index (χ4n) is 2.37. The monoisotopic (exact) mass is 336 g/mol. The maximum Gasteiger partial charge on any atom is 0.161 e. The molecule has 0 aliphatic carbocycles. The molecule has 116 valence electrons. The summed E-state index contributed by atoms with van der Waals surface area (Å²) in [5, 5.41) is 0. The van der Waals surface area contributed by atoms with Crippen LogP contribution in [0.3, 0.4) is 0 Å². The van der Waals surface area contributed by atoms with Gasteiger partial charge in [-0.1, -0.05) is 21.6 Å². The van der Waals surface area contributed by atoms with Crippen LogP contribution in [0, 0.1) is 0 Å². The Labute approximate surface area is 137 Å². The Morgan fingerprint density at radius 2 is 0.864 bits per heavy atom. The van der Waals surface area contributed by atoms with E-state index in [1.807, 2.05) is 24.3 Å². The van der Waals surface area contributed by atoms with Crippen LogP contribution in [0.25, 0.3) is 11.1 Å². The highest BCUT2D eigenvalue weighted by atomic mass is 33.1. The van der Waals surface area contributed by atoms with Gasteiger partial charge in [-0.05, 0) is 24.3 Å². The number of fused-ring (bicyclic) bond motifs is 3. The number of benzene rings is 2. The number of ether oxygens (including phenoxy) is 4. The molecule has 0 amide bonds. The fraction of sp³-hybridized carbons (Fsp3) is 0.250. The van der Waals surface area contributed by atoms with Gasteiger partial charge in [-0.2, -0.15) is 0 Å². The minimum Gasteiger partial charge on any atom is -0.493 e. The largest absolute Gasteiger partial charge is 0.493 e. The molecule has 22 heavy (non-hydrogen) atoms. The molecule has 0 unspecified atom stereocenters. The van der Waals surface area contributed by atoms with Crippen LogP contribution in [0.5, 0.6) is 23.0 Å². The van der Waals surface area contributed by atoms with Gasteiger partial charge in [0, 0.05) is 20.9 Å². The first-order valence-electron chi connectivity index (χ1n) is 6.58. The highest BCUT2D eigenvalue weighted by Gasteiger charge is 2.23. The van der Waals surface area contributed by atoms with Crippen molar-refractivity contribution in [3.05, 3.63) is 24.3 Å². The smallest absolute Gasteiger partial charge is 0.161 e. The molecule has 0 fully saturated rings. The van der Waals surface area contributed by atoms with Gasteiger partial charge in [0.15, 0.2) is 23.0 Å². The first kappa shape index (κ1) is 15.2. The molecule has 0 N–H and O–H groups in total. The normalized spacial score (nSPS) is 12.2. The molecule has 1 aliphatic rings. The third kappa shape index (κ3) is 2.46. The average Bonchev–Trinajstić information content (AvgIpc) is 2.58. The van der Waals surface area contributed by atoms with E-state index < -0.39 is 0 Å². The molecule has 6 heteroatoms. The van der Waals surface area contributed by atoms with Gasteiger partial charge in [0.2, 0.25) is 0 Å². The number of methoxy groups -OCH3 is 4. The standard InChI is InChI=1S/C16H16O4S2/c1-17-11-5-9-10-6-12(18-2)14(20-4)8-16(10)22-21-15(9)7-13(11)19-3/h5-8H,1-4H3. The van der Waals surface area contributed by atoms with Gasteiger partial charge < -0.3 is 18.9 Å². The molecule has 4 nitrogen and oxygen atoms in total. The van der Waals surface area contributed by atoms with Crippen molar-refractivity contribution in [1.82, 2.24) is 0 Å². The van der Waals surface area contributed by atoms with Crippen molar-refractivity contribution in [2.24, 2.45) is 0 Å². The lowest BCUT2D eigenvalue weighted by molar-refractivity contribution is 0.353. The van der Waals surface area contributed by atoms with Gasteiger partial charge in [0.25, 0.3) is 0 Å². The van der Waals surface area contributed by atoms with Crippen molar-refractivity contribution in [3.63, 3.8) is 0 Å². The SMILES string of the molecule is COc1cc2c(cc1OC)-c1cc(OC)c(OC)cc1SS2. The summed E-state index contributed by atoms with van der Waals surface area (Å²) in [5.74, 6) is 2.90. The lowest BCUT2D eigenvalue weighted by atomic mass is 10.0. The van der Waals surface area contributed by atoms with Crippen LogP contribution in [0.2, 0.25) is 0 Å². The first-order chi connectivity index (χ1) is 10.7. The third-order valence-corrected chi connectivity index (χ3v) is 5.93. The lowest BCUT2D eigenvalue weighted by Crippen LogP contribution is -1.97. The van der Waals surface area contributed by atoms with E-state index in [9.17, 15) is 0 Å². The van der Waals surface area contributed by atoms with Gasteiger partial charge in [0.05, 0.1) is 28.4 Å². The van der Waals surface area contributed by atoms with E-state index in [0.29, 0.717) is 0 Å². The van der Waals surface area contributed by atoms with E-state index in [1.165, 1.54) is 0 Å². The summed E-state index contributed by atoms with van der Waals surface area (Å²) < 4.78 is 21.6. The summed E-state index contributed by atoms with van der Waals surface area (Å²) in [6, 6.07) is 8.02. The molecule has 0 bridgehead atoms. The molecule has 1 heterocycles. The molecule has 0 aromatic heterocycles. The summed E-state index contributed by atoms with van der Waals surface area (Å²) in [6.07, 6.45) is 0. The van der Waals surface area contributed by atoms with Crippen LogP contribution < -0.4 is 18.9 Å². The van der Waals surface area contributed by atoms with Crippen molar-refractivity contribution in [2.75, 3.05) is 28.4 Å². The van der Waals surface area contributed by atoms with Crippen molar-refractivity contribution < 1.29 is 18.9 Å². The summed E-state index contributed by atoms with van der Waals surface area (Å²) in [5.41, 5.74) is 2.22. The van der Waals surface area contributed by atoms with Gasteiger partial charge >= 0.3 is 0 Å². The molecule has 0 radical (unpaired) electrons. The predicted molar refractivity (Wildman–Crippen MR) is 89.8 cm³/mol. The minimum absolute atomic E-state index is 0.717. The highest BCUT2D eigenvalue weighted by molar-refractivity contribution is 8.76. The summed E-state index contributed by atoms with van der Waals surface area (Å²) >= 11 is 0. The van der Waals surface area contributed by atoms with Crippen molar-refractivity contribution >= 4 is 21.6 Å². The van der Waals surface area contributed by atoms with Crippen LogP contribution in [-0.2, 0) is 0 Å². The van der Waals surface area contributed by atoms with E-state index in [-0.39, 0.29) is 0 Å². The van der Waals surface area contributed by atoms with Crippen LogP contribution in [0.4, 0.5) is 0 Å². The fourth-order valence-corrected chi connectivity index (χ4v) is 4.74. The third-order valence-electron chi connectivity index (χ3n) is 3.48. The Balaban J connectivity index is 2.20. The quantitative estimate of drug-likeness (QED) is 0.765. The lowest BCUT2D eigenvalue weighted by Gasteiger charge is -2.22. The molecule has 0 saturated carbocycles. The Hall–Kier alpha value is -1.66. The molecular weight excluding hydrogens is 320 g/mol. The number of rotatable bonds is 4. The van der Waals surface area contributed by atoms with Crippen LogP contribution in [0.15, 0.2) is 34.1 Å². The van der Waals surface area contributed by atoms with Crippen LogP contribution in [-0.4, -0.2) is 28.4 Å². The van der Waals surface area contributed by atoms with Gasteiger partial charge in [-0.25, -0.2) is 0 Å². The zero-order valence-electron chi connectivity index (χ0n) is 12.8. The second-order valence-corrected chi connectivity index (χ2v) is 6.79. The Morgan fingerprint density at radius 3 is 1.18 bits per heavy atom.